The van der Waals surface area contributed by atoms with Crippen molar-refractivity contribution >= 4 is 11.3 Å². The second-order valence-electron chi connectivity index (χ2n) is 5.63. The van der Waals surface area contributed by atoms with Gasteiger partial charge in [-0.15, -0.1) is 11.3 Å². The highest BCUT2D eigenvalue weighted by molar-refractivity contribution is 7.09. The third-order valence-corrected chi connectivity index (χ3v) is 5.06. The fraction of sp³-hybridized carbons (Fsp3) is 0.533. The van der Waals surface area contributed by atoms with Crippen LogP contribution < -0.4 is 5.73 Å². The molecule has 1 fully saturated rings. The van der Waals surface area contributed by atoms with E-state index < -0.39 is 0 Å². The summed E-state index contributed by atoms with van der Waals surface area (Å²) in [6.45, 7) is 5.15. The van der Waals surface area contributed by atoms with Crippen molar-refractivity contribution < 1.29 is 0 Å². The molecule has 3 rings (SSSR count). The zero-order chi connectivity index (χ0) is 13.9. The molecule has 0 bridgehead atoms. The van der Waals surface area contributed by atoms with E-state index in [1.807, 2.05) is 6.20 Å². The van der Waals surface area contributed by atoms with E-state index in [-0.39, 0.29) is 6.04 Å². The molecule has 0 radical (unpaired) electrons. The highest BCUT2D eigenvalue weighted by Gasteiger charge is 2.28. The van der Waals surface area contributed by atoms with Gasteiger partial charge in [0.2, 0.25) is 0 Å². The Bertz CT molecular complexity index is 526. The summed E-state index contributed by atoms with van der Waals surface area (Å²) in [7, 11) is 0. The maximum atomic E-state index is 5.70. The van der Waals surface area contributed by atoms with Crippen molar-refractivity contribution in [1.82, 2.24) is 14.9 Å². The lowest BCUT2D eigenvalue weighted by Crippen LogP contribution is -2.36. The Morgan fingerprint density at radius 1 is 1.50 bits per heavy atom. The quantitative estimate of drug-likeness (QED) is 0.910. The first kappa shape index (κ1) is 13.8. The number of thiazole rings is 1. The topological polar surface area (TPSA) is 57.9 Å². The van der Waals surface area contributed by atoms with Gasteiger partial charge in [0.15, 0.2) is 0 Å². The van der Waals surface area contributed by atoms with Crippen LogP contribution in [0, 0.1) is 5.92 Å². The number of H-pyrrole nitrogens is 1. The van der Waals surface area contributed by atoms with Crippen LogP contribution in [-0.4, -0.2) is 28.0 Å². The van der Waals surface area contributed by atoms with Gasteiger partial charge in [-0.05, 0) is 44.0 Å². The van der Waals surface area contributed by atoms with E-state index in [2.05, 4.69) is 34.3 Å². The Hall–Kier alpha value is -1.17. The predicted molar refractivity (Wildman–Crippen MR) is 82.6 cm³/mol. The number of aromatic nitrogens is 2. The van der Waals surface area contributed by atoms with Gasteiger partial charge in [0.1, 0.15) is 11.0 Å². The van der Waals surface area contributed by atoms with Gasteiger partial charge in [0.05, 0.1) is 5.69 Å². The molecular formula is C15H22N4S. The smallest absolute Gasteiger partial charge is 0.116 e. The summed E-state index contributed by atoms with van der Waals surface area (Å²) < 4.78 is 0. The molecule has 1 saturated heterocycles. The lowest BCUT2D eigenvalue weighted by Gasteiger charge is -2.35. The van der Waals surface area contributed by atoms with Gasteiger partial charge in [-0.2, -0.15) is 0 Å². The molecule has 0 spiro atoms. The molecule has 108 valence electrons. The Morgan fingerprint density at radius 3 is 2.90 bits per heavy atom. The molecule has 3 heterocycles. The number of piperidine rings is 1. The Balaban J connectivity index is 1.88. The fourth-order valence-corrected chi connectivity index (χ4v) is 3.81. The van der Waals surface area contributed by atoms with Crippen LogP contribution in [-0.2, 0) is 6.54 Å². The molecule has 0 aromatic carbocycles. The Kier molecular flexibility index (Phi) is 4.19. The average Bonchev–Trinajstić information content (AvgIpc) is 3.13. The first-order chi connectivity index (χ1) is 9.78. The van der Waals surface area contributed by atoms with Crippen molar-refractivity contribution in [3.63, 3.8) is 0 Å². The molecule has 20 heavy (non-hydrogen) atoms. The van der Waals surface area contributed by atoms with Gasteiger partial charge in [0.25, 0.3) is 0 Å². The molecule has 1 atom stereocenters. The number of nitrogens with two attached hydrogens (primary N) is 1. The van der Waals surface area contributed by atoms with Crippen LogP contribution >= 0.6 is 11.3 Å². The summed E-state index contributed by atoms with van der Waals surface area (Å²) >= 11 is 1.72. The van der Waals surface area contributed by atoms with E-state index >= 15 is 0 Å². The number of nitrogens with one attached hydrogen (secondary N) is 1. The maximum absolute atomic E-state index is 5.70. The van der Waals surface area contributed by atoms with Crippen LogP contribution in [0.5, 0.6) is 0 Å². The number of likely N-dealkylation sites (tertiary alicyclic amines) is 1. The fourth-order valence-electron chi connectivity index (χ4n) is 2.83. The van der Waals surface area contributed by atoms with Crippen molar-refractivity contribution in [2.24, 2.45) is 11.7 Å². The highest BCUT2D eigenvalue weighted by Crippen LogP contribution is 2.33. The predicted octanol–water partition coefficient (Wildman–Crippen LogP) is 2.75. The van der Waals surface area contributed by atoms with E-state index in [0.717, 1.165) is 29.7 Å². The SMILES string of the molecule is CC1CCN(C(c2ccc[nH]2)c2nc(CN)cs2)CC1. The maximum Gasteiger partial charge on any atom is 0.116 e. The molecule has 0 amide bonds. The summed E-state index contributed by atoms with van der Waals surface area (Å²) in [5, 5.41) is 3.24. The molecule has 1 aliphatic rings. The third kappa shape index (κ3) is 2.80. The number of rotatable bonds is 4. The second kappa shape index (κ2) is 6.08. The van der Waals surface area contributed by atoms with Gasteiger partial charge in [-0.1, -0.05) is 6.92 Å². The molecule has 2 aromatic rings. The Labute approximate surface area is 124 Å². The summed E-state index contributed by atoms with van der Waals surface area (Å²) in [6.07, 6.45) is 4.53. The van der Waals surface area contributed by atoms with E-state index in [4.69, 9.17) is 10.7 Å². The zero-order valence-electron chi connectivity index (χ0n) is 11.9. The van der Waals surface area contributed by atoms with Crippen LogP contribution in [0.2, 0.25) is 0 Å². The summed E-state index contributed by atoms with van der Waals surface area (Å²) in [5.41, 5.74) is 7.93. The lowest BCUT2D eigenvalue weighted by molar-refractivity contribution is 0.155. The van der Waals surface area contributed by atoms with E-state index in [0.29, 0.717) is 6.54 Å². The van der Waals surface area contributed by atoms with Crippen molar-refractivity contribution in [3.8, 4) is 0 Å². The summed E-state index contributed by atoms with van der Waals surface area (Å²) in [4.78, 5) is 10.6. The van der Waals surface area contributed by atoms with E-state index in [1.165, 1.54) is 18.5 Å². The van der Waals surface area contributed by atoms with Crippen LogP contribution in [0.25, 0.3) is 0 Å². The summed E-state index contributed by atoms with van der Waals surface area (Å²) in [6, 6.07) is 4.47. The van der Waals surface area contributed by atoms with Gasteiger partial charge < -0.3 is 10.7 Å². The normalized spacial score (nSPS) is 19.3. The molecular weight excluding hydrogens is 268 g/mol. The lowest BCUT2D eigenvalue weighted by atomic mass is 9.97. The number of aromatic amines is 1. The minimum absolute atomic E-state index is 0.253. The Morgan fingerprint density at radius 2 is 2.30 bits per heavy atom. The molecule has 1 unspecified atom stereocenters. The van der Waals surface area contributed by atoms with Gasteiger partial charge in [0, 0.05) is 23.8 Å². The van der Waals surface area contributed by atoms with Crippen molar-refractivity contribution in [2.45, 2.75) is 32.4 Å². The van der Waals surface area contributed by atoms with Gasteiger partial charge >= 0.3 is 0 Å². The standard InChI is InChI=1S/C15H22N4S/c1-11-4-7-19(8-5-11)14(13-3-2-6-17-13)15-18-12(9-16)10-20-15/h2-3,6,10-11,14,17H,4-5,7-9,16H2,1H3. The molecule has 5 heteroatoms. The van der Waals surface area contributed by atoms with Crippen LogP contribution in [0.1, 0.15) is 42.2 Å². The highest BCUT2D eigenvalue weighted by atomic mass is 32.1. The van der Waals surface area contributed by atoms with Crippen LogP contribution in [0.4, 0.5) is 0 Å². The molecule has 3 N–H and O–H groups in total. The van der Waals surface area contributed by atoms with Crippen LogP contribution in [0.15, 0.2) is 23.7 Å². The monoisotopic (exact) mass is 290 g/mol. The van der Waals surface area contributed by atoms with E-state index in [9.17, 15) is 0 Å². The van der Waals surface area contributed by atoms with Gasteiger partial charge in [-0.3, -0.25) is 4.90 Å². The van der Waals surface area contributed by atoms with Crippen LogP contribution in [0.3, 0.4) is 0 Å². The molecule has 0 aliphatic carbocycles. The minimum atomic E-state index is 0.253. The second-order valence-corrected chi connectivity index (χ2v) is 6.52. The van der Waals surface area contributed by atoms with Crippen molar-refractivity contribution in [1.29, 1.82) is 0 Å². The number of hydrogen-bond donors (Lipinski definition) is 2. The molecule has 0 saturated carbocycles. The third-order valence-electron chi connectivity index (χ3n) is 4.11. The zero-order valence-corrected chi connectivity index (χ0v) is 12.7. The minimum Gasteiger partial charge on any atom is -0.363 e. The molecule has 4 nitrogen and oxygen atoms in total. The summed E-state index contributed by atoms with van der Waals surface area (Å²) in [5.74, 6) is 0.839. The first-order valence-corrected chi connectivity index (χ1v) is 8.17. The molecule has 2 aromatic heterocycles. The number of hydrogen-bond acceptors (Lipinski definition) is 4. The number of nitrogens with zero attached hydrogens (tertiary/aromatic N) is 2. The molecule has 1 aliphatic heterocycles. The van der Waals surface area contributed by atoms with E-state index in [1.54, 1.807) is 11.3 Å². The van der Waals surface area contributed by atoms with Crippen molar-refractivity contribution in [3.05, 3.63) is 40.1 Å². The average molecular weight is 290 g/mol. The first-order valence-electron chi connectivity index (χ1n) is 7.29. The van der Waals surface area contributed by atoms with Crippen molar-refractivity contribution in [2.75, 3.05) is 13.1 Å². The van der Waals surface area contributed by atoms with Gasteiger partial charge in [-0.25, -0.2) is 4.98 Å². The largest absolute Gasteiger partial charge is 0.363 e.